The molecule has 0 unspecified atom stereocenters. The molecule has 0 saturated heterocycles. The predicted octanol–water partition coefficient (Wildman–Crippen LogP) is 3.23. The maximum Gasteiger partial charge on any atom is 0.254 e. The SMILES string of the molecule is O=C(CCc1ccccc1)NCC(=O)NCCNC(=O)c1cc(-c2cccc(F)c2)ccc1F. The molecule has 8 heteroatoms. The van der Waals surface area contributed by atoms with Crippen molar-refractivity contribution in [3.8, 4) is 11.1 Å². The molecule has 0 aliphatic heterocycles. The van der Waals surface area contributed by atoms with Crippen LogP contribution in [0.4, 0.5) is 8.78 Å². The molecule has 3 rings (SSSR count). The van der Waals surface area contributed by atoms with Crippen LogP contribution in [0.1, 0.15) is 22.3 Å². The van der Waals surface area contributed by atoms with Gasteiger partial charge in [-0.2, -0.15) is 0 Å². The fourth-order valence-electron chi connectivity index (χ4n) is 3.25. The number of hydrogen-bond donors (Lipinski definition) is 3. The van der Waals surface area contributed by atoms with Crippen LogP contribution in [0.5, 0.6) is 0 Å². The Morgan fingerprint density at radius 2 is 1.44 bits per heavy atom. The lowest BCUT2D eigenvalue weighted by molar-refractivity contribution is -0.126. The lowest BCUT2D eigenvalue weighted by Gasteiger charge is -2.10. The highest BCUT2D eigenvalue weighted by Gasteiger charge is 2.13. The molecule has 0 heterocycles. The Morgan fingerprint density at radius 1 is 0.706 bits per heavy atom. The van der Waals surface area contributed by atoms with Crippen molar-refractivity contribution in [1.82, 2.24) is 16.0 Å². The minimum absolute atomic E-state index is 0.0656. The second kappa shape index (κ2) is 12.2. The maximum atomic E-state index is 14.2. The number of carbonyl (C=O) groups excluding carboxylic acids is 3. The fraction of sp³-hybridized carbons (Fsp3) is 0.192. The average Bonchev–Trinajstić information content (AvgIpc) is 2.85. The summed E-state index contributed by atoms with van der Waals surface area (Å²) in [5.41, 5.74) is 1.88. The molecule has 0 atom stereocenters. The molecule has 0 saturated carbocycles. The van der Waals surface area contributed by atoms with Gasteiger partial charge in [-0.1, -0.05) is 48.5 Å². The van der Waals surface area contributed by atoms with Gasteiger partial charge >= 0.3 is 0 Å². The van der Waals surface area contributed by atoms with Gasteiger partial charge in [-0.15, -0.1) is 0 Å². The van der Waals surface area contributed by atoms with E-state index in [2.05, 4.69) is 16.0 Å². The van der Waals surface area contributed by atoms with Crippen LogP contribution in [-0.2, 0) is 16.0 Å². The summed E-state index contributed by atoms with van der Waals surface area (Å²) in [5, 5.41) is 7.65. The molecule has 0 aromatic heterocycles. The van der Waals surface area contributed by atoms with Crippen LogP contribution >= 0.6 is 0 Å². The van der Waals surface area contributed by atoms with Crippen molar-refractivity contribution < 1.29 is 23.2 Å². The summed E-state index contributed by atoms with van der Waals surface area (Å²) < 4.78 is 27.6. The first kappa shape index (κ1) is 24.6. The number of halogens is 2. The third-order valence-electron chi connectivity index (χ3n) is 5.03. The quantitative estimate of drug-likeness (QED) is 0.402. The highest BCUT2D eigenvalue weighted by molar-refractivity contribution is 5.95. The van der Waals surface area contributed by atoms with Gasteiger partial charge in [-0.05, 0) is 47.4 Å². The van der Waals surface area contributed by atoms with Crippen LogP contribution in [0.2, 0.25) is 0 Å². The monoisotopic (exact) mass is 465 g/mol. The summed E-state index contributed by atoms with van der Waals surface area (Å²) in [5.74, 6) is -2.43. The van der Waals surface area contributed by atoms with Crippen molar-refractivity contribution >= 4 is 17.7 Å². The van der Waals surface area contributed by atoms with E-state index in [4.69, 9.17) is 0 Å². The summed E-state index contributed by atoms with van der Waals surface area (Å²) >= 11 is 0. The molecule has 0 bridgehead atoms. The molecule has 6 nitrogen and oxygen atoms in total. The Labute approximate surface area is 196 Å². The number of rotatable bonds is 10. The minimum Gasteiger partial charge on any atom is -0.353 e. The third-order valence-corrected chi connectivity index (χ3v) is 5.03. The van der Waals surface area contributed by atoms with E-state index in [9.17, 15) is 23.2 Å². The maximum absolute atomic E-state index is 14.2. The van der Waals surface area contributed by atoms with Crippen molar-refractivity contribution in [2.45, 2.75) is 12.8 Å². The zero-order valence-corrected chi connectivity index (χ0v) is 18.4. The van der Waals surface area contributed by atoms with Crippen LogP contribution in [0.15, 0.2) is 72.8 Å². The largest absolute Gasteiger partial charge is 0.353 e. The van der Waals surface area contributed by atoms with Crippen molar-refractivity contribution in [2.24, 2.45) is 0 Å². The molecule has 3 aromatic carbocycles. The van der Waals surface area contributed by atoms with Crippen LogP contribution in [-0.4, -0.2) is 37.4 Å². The molecule has 3 aromatic rings. The lowest BCUT2D eigenvalue weighted by Crippen LogP contribution is -2.40. The van der Waals surface area contributed by atoms with Crippen LogP contribution in [0.25, 0.3) is 11.1 Å². The Hall–Kier alpha value is -4.07. The first-order valence-electron chi connectivity index (χ1n) is 10.8. The van der Waals surface area contributed by atoms with Crippen LogP contribution in [0.3, 0.4) is 0 Å². The Morgan fingerprint density at radius 3 is 2.21 bits per heavy atom. The first-order valence-corrected chi connectivity index (χ1v) is 10.8. The Kier molecular flexibility index (Phi) is 8.85. The molecule has 0 aliphatic carbocycles. The van der Waals surface area contributed by atoms with E-state index >= 15 is 0 Å². The van der Waals surface area contributed by atoms with Crippen molar-refractivity contribution in [1.29, 1.82) is 0 Å². The minimum atomic E-state index is -0.708. The van der Waals surface area contributed by atoms with E-state index in [0.29, 0.717) is 17.5 Å². The van der Waals surface area contributed by atoms with Gasteiger partial charge in [-0.3, -0.25) is 14.4 Å². The van der Waals surface area contributed by atoms with Gasteiger partial charge in [0.05, 0.1) is 12.1 Å². The van der Waals surface area contributed by atoms with E-state index in [0.717, 1.165) is 11.6 Å². The molecule has 3 amide bonds. The topological polar surface area (TPSA) is 87.3 Å². The van der Waals surface area contributed by atoms with E-state index in [-0.39, 0.29) is 37.5 Å². The van der Waals surface area contributed by atoms with Crippen molar-refractivity contribution in [3.05, 3.63) is 95.6 Å². The van der Waals surface area contributed by atoms with Gasteiger partial charge in [0.2, 0.25) is 11.8 Å². The highest BCUT2D eigenvalue weighted by atomic mass is 19.1. The van der Waals surface area contributed by atoms with Gasteiger partial charge in [-0.25, -0.2) is 8.78 Å². The molecular formula is C26H25F2N3O3. The van der Waals surface area contributed by atoms with E-state index in [1.807, 2.05) is 30.3 Å². The molecular weight excluding hydrogens is 440 g/mol. The number of benzene rings is 3. The highest BCUT2D eigenvalue weighted by Crippen LogP contribution is 2.23. The number of hydrogen-bond acceptors (Lipinski definition) is 3. The second-order valence-corrected chi connectivity index (χ2v) is 7.57. The number of aryl methyl sites for hydroxylation is 1. The molecule has 176 valence electrons. The van der Waals surface area contributed by atoms with Crippen molar-refractivity contribution in [2.75, 3.05) is 19.6 Å². The van der Waals surface area contributed by atoms with Crippen molar-refractivity contribution in [3.63, 3.8) is 0 Å². The molecule has 3 N–H and O–H groups in total. The summed E-state index contributed by atoms with van der Waals surface area (Å²) in [7, 11) is 0. The van der Waals surface area contributed by atoms with Crippen LogP contribution in [0, 0.1) is 11.6 Å². The van der Waals surface area contributed by atoms with Gasteiger partial charge in [0, 0.05) is 19.5 Å². The first-order chi connectivity index (χ1) is 16.4. The summed E-state index contributed by atoms with van der Waals surface area (Å²) in [6.07, 6.45) is 0.852. The van der Waals surface area contributed by atoms with Gasteiger partial charge in [0.1, 0.15) is 11.6 Å². The molecule has 0 fully saturated rings. The lowest BCUT2D eigenvalue weighted by atomic mass is 10.0. The van der Waals surface area contributed by atoms with Gasteiger partial charge in [0.15, 0.2) is 0 Å². The van der Waals surface area contributed by atoms with E-state index < -0.39 is 23.4 Å². The Balaban J connectivity index is 1.39. The summed E-state index contributed by atoms with van der Waals surface area (Å²) in [6, 6.07) is 19.3. The third kappa shape index (κ3) is 7.51. The molecule has 34 heavy (non-hydrogen) atoms. The normalized spacial score (nSPS) is 10.4. The summed E-state index contributed by atoms with van der Waals surface area (Å²) in [6.45, 7) is -0.00228. The number of amides is 3. The zero-order chi connectivity index (χ0) is 24.3. The summed E-state index contributed by atoms with van der Waals surface area (Å²) in [4.78, 5) is 36.1. The number of nitrogens with one attached hydrogen (secondary N) is 3. The molecule has 0 radical (unpaired) electrons. The standard InChI is InChI=1S/C26H25F2N3O3/c27-21-8-4-7-19(15-21)20-10-11-23(28)22(16-20)26(34)30-14-13-29-25(33)17-31-24(32)12-9-18-5-2-1-3-6-18/h1-8,10-11,15-16H,9,12-14,17H2,(H,29,33)(H,30,34)(H,31,32). The van der Waals surface area contributed by atoms with E-state index in [1.165, 1.54) is 30.3 Å². The smallest absolute Gasteiger partial charge is 0.254 e. The van der Waals surface area contributed by atoms with E-state index in [1.54, 1.807) is 6.07 Å². The number of carbonyl (C=O) groups is 3. The zero-order valence-electron chi connectivity index (χ0n) is 18.4. The fourth-order valence-corrected chi connectivity index (χ4v) is 3.25. The molecule has 0 spiro atoms. The second-order valence-electron chi connectivity index (χ2n) is 7.57. The Bertz CT molecular complexity index is 1150. The van der Waals surface area contributed by atoms with Gasteiger partial charge in [0.25, 0.3) is 5.91 Å². The predicted molar refractivity (Wildman–Crippen MR) is 125 cm³/mol. The average molecular weight is 466 g/mol. The van der Waals surface area contributed by atoms with Crippen LogP contribution < -0.4 is 16.0 Å². The molecule has 0 aliphatic rings. The van der Waals surface area contributed by atoms with Gasteiger partial charge < -0.3 is 16.0 Å².